The van der Waals surface area contributed by atoms with Gasteiger partial charge in [0.05, 0.1) is 18.2 Å². The molecule has 0 saturated carbocycles. The van der Waals surface area contributed by atoms with Crippen LogP contribution in [0.3, 0.4) is 0 Å². The Balaban J connectivity index is 1.88. The molecule has 1 fully saturated rings. The highest BCUT2D eigenvalue weighted by atomic mass is 16.5. The van der Waals surface area contributed by atoms with E-state index in [0.29, 0.717) is 23.8 Å². The molecule has 0 radical (unpaired) electrons. The number of benzene rings is 3. The first-order valence-electron chi connectivity index (χ1n) is 11.9. The molecule has 1 aliphatic rings. The SMILES string of the molecule is Cc1cc(/C(O)=C2\C(=O)C(=O)N(c3ccccc3C)C2c2ccccc2C)ccc1OCC(C)C. The van der Waals surface area contributed by atoms with Gasteiger partial charge in [0.25, 0.3) is 11.7 Å². The molecule has 1 heterocycles. The molecule has 1 atom stereocenters. The zero-order valence-electron chi connectivity index (χ0n) is 20.8. The van der Waals surface area contributed by atoms with Crippen LogP contribution in [0.4, 0.5) is 5.69 Å². The monoisotopic (exact) mass is 469 g/mol. The van der Waals surface area contributed by atoms with Gasteiger partial charge in [-0.2, -0.15) is 0 Å². The Morgan fingerprint density at radius 2 is 1.57 bits per heavy atom. The summed E-state index contributed by atoms with van der Waals surface area (Å²) in [4.78, 5) is 28.3. The van der Waals surface area contributed by atoms with Gasteiger partial charge in [-0.05, 0) is 73.2 Å². The Morgan fingerprint density at radius 3 is 2.20 bits per heavy atom. The number of aryl methyl sites for hydroxylation is 3. The average Bonchev–Trinajstić information content (AvgIpc) is 3.08. The number of nitrogens with zero attached hydrogens (tertiary/aromatic N) is 1. The van der Waals surface area contributed by atoms with Crippen molar-refractivity contribution in [1.82, 2.24) is 0 Å². The standard InChI is InChI=1S/C30H31NO4/c1-18(2)17-35-25-15-14-22(16-21(25)5)28(32)26-27(23-12-8-6-10-19(23)3)31(30(34)29(26)33)24-13-9-7-11-20(24)4/h6-16,18,27,32H,17H2,1-5H3/b28-26+. The van der Waals surface area contributed by atoms with Crippen LogP contribution in [0.25, 0.3) is 5.76 Å². The van der Waals surface area contributed by atoms with E-state index in [-0.39, 0.29) is 11.3 Å². The molecule has 0 aliphatic carbocycles. The van der Waals surface area contributed by atoms with Gasteiger partial charge in [-0.3, -0.25) is 14.5 Å². The van der Waals surface area contributed by atoms with Crippen LogP contribution in [0.15, 0.2) is 72.3 Å². The summed E-state index contributed by atoms with van der Waals surface area (Å²) in [6.45, 7) is 10.5. The Kier molecular flexibility index (Phi) is 6.79. The van der Waals surface area contributed by atoms with Crippen LogP contribution in [0.1, 0.15) is 47.7 Å². The topological polar surface area (TPSA) is 66.8 Å². The predicted octanol–water partition coefficient (Wildman–Crippen LogP) is 6.27. The maximum Gasteiger partial charge on any atom is 0.300 e. The van der Waals surface area contributed by atoms with Crippen LogP contribution in [-0.2, 0) is 9.59 Å². The van der Waals surface area contributed by atoms with E-state index in [1.165, 1.54) is 4.90 Å². The van der Waals surface area contributed by atoms with E-state index in [4.69, 9.17) is 4.74 Å². The lowest BCUT2D eigenvalue weighted by Gasteiger charge is -2.27. The lowest BCUT2D eigenvalue weighted by molar-refractivity contribution is -0.132. The third-order valence-corrected chi connectivity index (χ3v) is 6.32. The van der Waals surface area contributed by atoms with Crippen molar-refractivity contribution in [2.24, 2.45) is 5.92 Å². The first-order valence-corrected chi connectivity index (χ1v) is 11.9. The van der Waals surface area contributed by atoms with Crippen LogP contribution in [0.2, 0.25) is 0 Å². The summed E-state index contributed by atoms with van der Waals surface area (Å²) >= 11 is 0. The Morgan fingerprint density at radius 1 is 0.914 bits per heavy atom. The molecule has 5 nitrogen and oxygen atoms in total. The minimum absolute atomic E-state index is 0.0859. The number of aliphatic hydroxyl groups is 1. The summed E-state index contributed by atoms with van der Waals surface area (Å²) in [5, 5.41) is 11.4. The number of ether oxygens (including phenoxy) is 1. The van der Waals surface area contributed by atoms with Gasteiger partial charge in [-0.15, -0.1) is 0 Å². The van der Waals surface area contributed by atoms with Crippen LogP contribution in [0, 0.1) is 26.7 Å². The molecular weight excluding hydrogens is 438 g/mol. The first kappa shape index (κ1) is 24.3. The minimum Gasteiger partial charge on any atom is -0.507 e. The van der Waals surface area contributed by atoms with E-state index in [2.05, 4.69) is 13.8 Å². The van der Waals surface area contributed by atoms with Crippen molar-refractivity contribution in [2.75, 3.05) is 11.5 Å². The lowest BCUT2D eigenvalue weighted by Crippen LogP contribution is -2.30. The fraction of sp³-hybridized carbons (Fsp3) is 0.267. The van der Waals surface area contributed by atoms with Crippen LogP contribution < -0.4 is 9.64 Å². The molecule has 0 aromatic heterocycles. The predicted molar refractivity (Wildman–Crippen MR) is 139 cm³/mol. The number of para-hydroxylation sites is 1. The highest BCUT2D eigenvalue weighted by Gasteiger charge is 2.47. The second kappa shape index (κ2) is 9.79. The summed E-state index contributed by atoms with van der Waals surface area (Å²) < 4.78 is 5.86. The summed E-state index contributed by atoms with van der Waals surface area (Å²) in [6, 6.07) is 19.7. The first-order chi connectivity index (χ1) is 16.7. The zero-order valence-corrected chi connectivity index (χ0v) is 20.8. The number of amides is 1. The number of carbonyl (C=O) groups excluding carboxylic acids is 2. The number of Topliss-reactive ketones (excluding diaryl/α,β-unsaturated/α-hetero) is 1. The smallest absolute Gasteiger partial charge is 0.300 e. The van der Waals surface area contributed by atoms with Crippen molar-refractivity contribution in [3.63, 3.8) is 0 Å². The lowest BCUT2D eigenvalue weighted by atomic mass is 9.92. The number of hydrogen-bond acceptors (Lipinski definition) is 4. The van der Waals surface area contributed by atoms with E-state index < -0.39 is 17.7 Å². The molecule has 0 bridgehead atoms. The van der Waals surface area contributed by atoms with Gasteiger partial charge in [0.2, 0.25) is 0 Å². The number of hydrogen-bond donors (Lipinski definition) is 1. The van der Waals surface area contributed by atoms with Crippen molar-refractivity contribution in [2.45, 2.75) is 40.7 Å². The van der Waals surface area contributed by atoms with E-state index in [9.17, 15) is 14.7 Å². The highest BCUT2D eigenvalue weighted by Crippen LogP contribution is 2.44. The van der Waals surface area contributed by atoms with Gasteiger partial charge in [-0.25, -0.2) is 0 Å². The van der Waals surface area contributed by atoms with E-state index in [1.807, 2.05) is 69.3 Å². The van der Waals surface area contributed by atoms with Gasteiger partial charge in [0.15, 0.2) is 0 Å². The third-order valence-electron chi connectivity index (χ3n) is 6.32. The number of rotatable bonds is 6. The van der Waals surface area contributed by atoms with Crippen molar-refractivity contribution in [1.29, 1.82) is 0 Å². The minimum atomic E-state index is -0.741. The van der Waals surface area contributed by atoms with Crippen molar-refractivity contribution < 1.29 is 19.4 Å². The number of anilines is 1. The molecule has 3 aromatic carbocycles. The summed E-state index contributed by atoms with van der Waals surface area (Å²) in [5.74, 6) is -0.425. The molecule has 4 rings (SSSR count). The molecule has 1 saturated heterocycles. The molecule has 0 spiro atoms. The maximum absolute atomic E-state index is 13.4. The molecule has 1 aliphatic heterocycles. The molecule has 5 heteroatoms. The van der Waals surface area contributed by atoms with Crippen molar-refractivity contribution >= 4 is 23.1 Å². The summed E-state index contributed by atoms with van der Waals surface area (Å²) in [7, 11) is 0. The van der Waals surface area contributed by atoms with Gasteiger partial charge in [-0.1, -0.05) is 56.3 Å². The number of aliphatic hydroxyl groups excluding tert-OH is 1. The second-order valence-electron chi connectivity index (χ2n) is 9.50. The van der Waals surface area contributed by atoms with Gasteiger partial charge < -0.3 is 9.84 Å². The van der Waals surface area contributed by atoms with Gasteiger partial charge in [0, 0.05) is 11.3 Å². The molecule has 35 heavy (non-hydrogen) atoms. The fourth-order valence-corrected chi connectivity index (χ4v) is 4.47. The van der Waals surface area contributed by atoms with E-state index in [0.717, 1.165) is 28.0 Å². The van der Waals surface area contributed by atoms with Gasteiger partial charge >= 0.3 is 0 Å². The number of carbonyl (C=O) groups is 2. The number of ketones is 1. The molecule has 1 N–H and O–H groups in total. The fourth-order valence-electron chi connectivity index (χ4n) is 4.47. The Bertz CT molecular complexity index is 1320. The Hall–Kier alpha value is -3.86. The van der Waals surface area contributed by atoms with Crippen molar-refractivity contribution in [3.8, 4) is 5.75 Å². The van der Waals surface area contributed by atoms with Crippen LogP contribution >= 0.6 is 0 Å². The maximum atomic E-state index is 13.4. The zero-order chi connectivity index (χ0) is 25.3. The highest BCUT2D eigenvalue weighted by molar-refractivity contribution is 6.51. The van der Waals surface area contributed by atoms with E-state index in [1.54, 1.807) is 18.2 Å². The molecular formula is C30H31NO4. The largest absolute Gasteiger partial charge is 0.507 e. The quantitative estimate of drug-likeness (QED) is 0.262. The third kappa shape index (κ3) is 4.59. The Labute approximate surface area is 206 Å². The molecule has 1 amide bonds. The molecule has 1 unspecified atom stereocenters. The van der Waals surface area contributed by atoms with Crippen LogP contribution in [-0.4, -0.2) is 23.4 Å². The van der Waals surface area contributed by atoms with Gasteiger partial charge in [0.1, 0.15) is 11.5 Å². The van der Waals surface area contributed by atoms with E-state index >= 15 is 0 Å². The van der Waals surface area contributed by atoms with Crippen molar-refractivity contribution in [3.05, 3.63) is 100 Å². The molecule has 3 aromatic rings. The normalized spacial score (nSPS) is 17.3. The second-order valence-corrected chi connectivity index (χ2v) is 9.50. The average molecular weight is 470 g/mol. The summed E-state index contributed by atoms with van der Waals surface area (Å²) in [6.07, 6.45) is 0. The molecule has 180 valence electrons. The van der Waals surface area contributed by atoms with Crippen LogP contribution in [0.5, 0.6) is 5.75 Å². The summed E-state index contributed by atoms with van der Waals surface area (Å²) in [5.41, 5.74) is 4.65.